The lowest BCUT2D eigenvalue weighted by molar-refractivity contribution is -0.147. The molecule has 42 heavy (non-hydrogen) atoms. The molecule has 2 heterocycles. The number of rotatable bonds is 6. The van der Waals surface area contributed by atoms with Crippen LogP contribution in [0.1, 0.15) is 42.2 Å². The maximum absolute atomic E-state index is 13.4. The number of hydrogen-bond acceptors (Lipinski definition) is 7. The molecule has 2 aliphatic rings. The molecule has 1 unspecified atom stereocenters. The average Bonchev–Trinajstić information content (AvgIpc) is 2.97. The van der Waals surface area contributed by atoms with Crippen LogP contribution >= 0.6 is 23.2 Å². The molecule has 11 heteroatoms. The summed E-state index contributed by atoms with van der Waals surface area (Å²) in [6.45, 7) is 3.92. The Morgan fingerprint density at radius 2 is 1.76 bits per heavy atom. The molecule has 0 fully saturated rings. The summed E-state index contributed by atoms with van der Waals surface area (Å²) in [7, 11) is 2.97. The summed E-state index contributed by atoms with van der Waals surface area (Å²) in [6.07, 6.45) is -1.61. The number of carbonyl (C=O) groups is 3. The van der Waals surface area contributed by atoms with Crippen molar-refractivity contribution in [1.82, 2.24) is 4.90 Å². The van der Waals surface area contributed by atoms with Gasteiger partial charge in [-0.25, -0.2) is 9.59 Å². The van der Waals surface area contributed by atoms with Gasteiger partial charge >= 0.3 is 12.1 Å². The van der Waals surface area contributed by atoms with Gasteiger partial charge in [-0.3, -0.25) is 9.69 Å². The van der Waals surface area contributed by atoms with E-state index in [4.69, 9.17) is 42.1 Å². The number of benzene rings is 3. The van der Waals surface area contributed by atoms with E-state index in [0.29, 0.717) is 39.4 Å². The molecule has 0 saturated heterocycles. The highest BCUT2D eigenvalue weighted by molar-refractivity contribution is 6.42. The second-order valence-corrected chi connectivity index (χ2v) is 11.2. The third kappa shape index (κ3) is 5.98. The lowest BCUT2D eigenvalue weighted by Crippen LogP contribution is -2.50. The molecule has 3 aromatic rings. The van der Waals surface area contributed by atoms with Crippen LogP contribution in [0.4, 0.5) is 10.5 Å². The fraction of sp³-hybridized carbons (Fsp3) is 0.323. The van der Waals surface area contributed by atoms with Crippen LogP contribution < -0.4 is 14.4 Å². The Kier molecular flexibility index (Phi) is 8.52. The molecule has 3 aromatic carbocycles. The smallest absolute Gasteiger partial charge is 0.411 e. The Balaban J connectivity index is 1.35. The summed E-state index contributed by atoms with van der Waals surface area (Å²) in [5.74, 6) is 0.331. The molecule has 0 aromatic heterocycles. The van der Waals surface area contributed by atoms with Crippen LogP contribution in [-0.4, -0.2) is 49.2 Å². The van der Waals surface area contributed by atoms with Gasteiger partial charge in [-0.05, 0) is 66.9 Å². The quantitative estimate of drug-likeness (QED) is 0.310. The van der Waals surface area contributed by atoms with Crippen molar-refractivity contribution in [2.24, 2.45) is 0 Å². The first-order valence-electron chi connectivity index (χ1n) is 13.4. The standard InChI is InChI=1S/C31H30Cl2N2O7/c1-17(2)41-31(38)35-15-21-14-27-25(12-20(21)13-26(35)30(37)39-4)34(3)29(36)28(42-27)19-6-8-22(9-7-19)40-16-18-5-10-23(32)24(33)11-18/h5-12,14,17,26,28H,13,15-16H2,1-4H3/t26?,28-/m0/s1. The highest BCUT2D eigenvalue weighted by Crippen LogP contribution is 2.42. The molecule has 0 aliphatic carbocycles. The number of fused-ring (bicyclic) bond motifs is 2. The molecule has 2 atom stereocenters. The molecule has 0 bridgehead atoms. The highest BCUT2D eigenvalue weighted by atomic mass is 35.5. The fourth-order valence-corrected chi connectivity index (χ4v) is 5.31. The van der Waals surface area contributed by atoms with Gasteiger partial charge in [0.1, 0.15) is 24.1 Å². The first kappa shape index (κ1) is 29.5. The summed E-state index contributed by atoms with van der Waals surface area (Å²) in [4.78, 5) is 41.7. The van der Waals surface area contributed by atoms with Crippen LogP contribution in [0, 0.1) is 0 Å². The van der Waals surface area contributed by atoms with Crippen LogP contribution in [0.25, 0.3) is 0 Å². The van der Waals surface area contributed by atoms with Crippen LogP contribution in [0.15, 0.2) is 54.6 Å². The molecule has 220 valence electrons. The van der Waals surface area contributed by atoms with Crippen molar-refractivity contribution in [1.29, 1.82) is 0 Å². The third-order valence-corrected chi connectivity index (χ3v) is 7.93. The number of halogens is 2. The van der Waals surface area contributed by atoms with Gasteiger partial charge in [0.25, 0.3) is 5.91 Å². The van der Waals surface area contributed by atoms with Crippen LogP contribution in [0.2, 0.25) is 10.0 Å². The predicted molar refractivity (Wildman–Crippen MR) is 157 cm³/mol. The van der Waals surface area contributed by atoms with Crippen molar-refractivity contribution in [2.45, 2.75) is 51.7 Å². The Labute approximate surface area is 253 Å². The number of hydrogen-bond donors (Lipinski definition) is 0. The SMILES string of the molecule is COC(=O)C1Cc2cc3c(cc2CN1C(=O)OC(C)C)O[C@@H](c1ccc(OCc2ccc(Cl)c(Cl)c2)cc1)C(=O)N3C. The van der Waals surface area contributed by atoms with Gasteiger partial charge in [0, 0.05) is 19.0 Å². The van der Waals surface area contributed by atoms with E-state index in [0.717, 1.165) is 16.7 Å². The number of likely N-dealkylation sites (N-methyl/N-ethyl adjacent to an activating group) is 1. The van der Waals surface area contributed by atoms with Crippen LogP contribution in [0.5, 0.6) is 11.5 Å². The summed E-state index contributed by atoms with van der Waals surface area (Å²) in [6, 6.07) is 15.2. The molecular formula is C31H30Cl2N2O7. The molecule has 2 amide bonds. The second kappa shape index (κ2) is 12.1. The van der Waals surface area contributed by atoms with E-state index in [-0.39, 0.29) is 25.0 Å². The maximum Gasteiger partial charge on any atom is 0.411 e. The molecule has 0 saturated carbocycles. The van der Waals surface area contributed by atoms with Crippen molar-refractivity contribution in [3.63, 3.8) is 0 Å². The lowest BCUT2D eigenvalue weighted by Gasteiger charge is -2.37. The normalized spacial score (nSPS) is 17.7. The molecule has 0 N–H and O–H groups in total. The van der Waals surface area contributed by atoms with Crippen LogP contribution in [-0.2, 0) is 38.6 Å². The van der Waals surface area contributed by atoms with E-state index >= 15 is 0 Å². The van der Waals surface area contributed by atoms with Gasteiger partial charge in [-0.1, -0.05) is 41.4 Å². The summed E-state index contributed by atoms with van der Waals surface area (Å²) >= 11 is 12.1. The van der Waals surface area contributed by atoms with Crippen molar-refractivity contribution >= 4 is 46.9 Å². The maximum atomic E-state index is 13.4. The Hall–Kier alpha value is -3.95. The molecule has 9 nitrogen and oxygen atoms in total. The number of amides is 2. The zero-order valence-corrected chi connectivity index (χ0v) is 25.1. The Bertz CT molecular complexity index is 1530. The molecule has 5 rings (SSSR count). The van der Waals surface area contributed by atoms with Gasteiger partial charge in [0.2, 0.25) is 6.10 Å². The first-order chi connectivity index (χ1) is 20.0. The summed E-state index contributed by atoms with van der Waals surface area (Å²) in [5, 5.41) is 0.934. The van der Waals surface area contributed by atoms with Crippen molar-refractivity contribution < 1.29 is 33.3 Å². The van der Waals surface area contributed by atoms with E-state index in [1.54, 1.807) is 62.2 Å². The molecular weight excluding hydrogens is 583 g/mol. The van der Waals surface area contributed by atoms with Gasteiger partial charge in [-0.2, -0.15) is 0 Å². The van der Waals surface area contributed by atoms with Crippen LogP contribution in [0.3, 0.4) is 0 Å². The average molecular weight is 613 g/mol. The number of anilines is 1. The van der Waals surface area contributed by atoms with E-state index in [1.165, 1.54) is 12.0 Å². The van der Waals surface area contributed by atoms with E-state index in [2.05, 4.69) is 0 Å². The van der Waals surface area contributed by atoms with Gasteiger partial charge < -0.3 is 23.8 Å². The molecule has 0 radical (unpaired) electrons. The number of nitrogens with zero attached hydrogens (tertiary/aromatic N) is 2. The number of esters is 1. The van der Waals surface area contributed by atoms with Gasteiger partial charge in [0.15, 0.2) is 0 Å². The summed E-state index contributed by atoms with van der Waals surface area (Å²) in [5.41, 5.74) is 3.73. The second-order valence-electron chi connectivity index (χ2n) is 10.4. The Morgan fingerprint density at radius 3 is 2.43 bits per heavy atom. The van der Waals surface area contributed by atoms with Crippen molar-refractivity contribution in [2.75, 3.05) is 19.1 Å². The van der Waals surface area contributed by atoms with E-state index in [1.807, 2.05) is 18.2 Å². The number of carbonyl (C=O) groups excluding carboxylic acids is 3. The lowest BCUT2D eigenvalue weighted by atomic mass is 9.92. The van der Waals surface area contributed by atoms with Crippen molar-refractivity contribution in [3.8, 4) is 11.5 Å². The molecule has 2 aliphatic heterocycles. The number of ether oxygens (including phenoxy) is 4. The number of methoxy groups -OCH3 is 1. The largest absolute Gasteiger partial charge is 0.489 e. The minimum Gasteiger partial charge on any atom is -0.489 e. The van der Waals surface area contributed by atoms with Crippen molar-refractivity contribution in [3.05, 3.63) is 86.9 Å². The monoisotopic (exact) mass is 612 g/mol. The zero-order valence-electron chi connectivity index (χ0n) is 23.6. The Morgan fingerprint density at radius 1 is 1.02 bits per heavy atom. The summed E-state index contributed by atoms with van der Waals surface area (Å²) < 4.78 is 22.4. The molecule has 0 spiro atoms. The van der Waals surface area contributed by atoms with Gasteiger partial charge in [-0.15, -0.1) is 0 Å². The highest BCUT2D eigenvalue weighted by Gasteiger charge is 2.40. The van der Waals surface area contributed by atoms with Gasteiger partial charge in [0.05, 0.1) is 35.5 Å². The topological polar surface area (TPSA) is 94.6 Å². The van der Waals surface area contributed by atoms with E-state index < -0.39 is 24.2 Å². The third-order valence-electron chi connectivity index (χ3n) is 7.19. The van der Waals surface area contributed by atoms with E-state index in [9.17, 15) is 14.4 Å². The minimum absolute atomic E-state index is 0.129. The first-order valence-corrected chi connectivity index (χ1v) is 14.1. The fourth-order valence-electron chi connectivity index (χ4n) is 4.98. The predicted octanol–water partition coefficient (Wildman–Crippen LogP) is 6.11. The minimum atomic E-state index is -0.877. The zero-order chi connectivity index (χ0) is 30.1.